The van der Waals surface area contributed by atoms with Gasteiger partial charge in [-0.2, -0.15) is 0 Å². The molecule has 1 atom stereocenters. The highest BCUT2D eigenvalue weighted by Crippen LogP contribution is 2.12. The number of nitrogens with zero attached hydrogens (tertiary/aromatic N) is 1. The van der Waals surface area contributed by atoms with Crippen molar-refractivity contribution < 1.29 is 9.53 Å². The van der Waals surface area contributed by atoms with Gasteiger partial charge in [-0.1, -0.05) is 66.7 Å². The lowest BCUT2D eigenvalue weighted by Gasteiger charge is -2.10. The maximum atomic E-state index is 11.2. The largest absolute Gasteiger partial charge is 0.466 e. The number of methoxy groups -OCH3 is 1. The maximum Gasteiger partial charge on any atom is 0.330 e. The van der Waals surface area contributed by atoms with Gasteiger partial charge in [-0.05, 0) is 6.92 Å². The van der Waals surface area contributed by atoms with Gasteiger partial charge in [0.05, 0.1) is 18.9 Å². The summed E-state index contributed by atoms with van der Waals surface area (Å²) in [6.07, 6.45) is 3.14. The van der Waals surface area contributed by atoms with E-state index in [0.29, 0.717) is 0 Å². The topological polar surface area (TPSA) is 38.7 Å². The first-order valence-electron chi connectivity index (χ1n) is 7.15. The first-order chi connectivity index (χ1) is 10.7. The molecular weight excluding hydrogens is 274 g/mol. The van der Waals surface area contributed by atoms with Gasteiger partial charge in [-0.25, -0.2) is 4.79 Å². The number of benzene rings is 2. The number of rotatable bonds is 5. The highest BCUT2D eigenvalue weighted by Gasteiger charge is 2.07. The van der Waals surface area contributed by atoms with Crippen molar-refractivity contribution in [2.45, 2.75) is 13.0 Å². The molecule has 0 saturated carbocycles. The van der Waals surface area contributed by atoms with Crippen LogP contribution in [-0.4, -0.2) is 24.8 Å². The van der Waals surface area contributed by atoms with Crippen LogP contribution in [0.1, 0.15) is 18.1 Å². The second-order valence-electron chi connectivity index (χ2n) is 4.83. The number of carbonyl (C=O) groups is 1. The number of esters is 1. The van der Waals surface area contributed by atoms with Crippen molar-refractivity contribution in [1.29, 1.82) is 0 Å². The smallest absolute Gasteiger partial charge is 0.330 e. The molecule has 0 aliphatic carbocycles. The molecule has 0 spiro atoms. The molecule has 3 nitrogen and oxygen atoms in total. The van der Waals surface area contributed by atoms with Crippen LogP contribution >= 0.6 is 0 Å². The van der Waals surface area contributed by atoms with Gasteiger partial charge < -0.3 is 4.74 Å². The number of aliphatic imine (C=N–C) groups is 1. The van der Waals surface area contributed by atoms with E-state index >= 15 is 0 Å². The van der Waals surface area contributed by atoms with Crippen LogP contribution in [-0.2, 0) is 9.53 Å². The van der Waals surface area contributed by atoms with E-state index in [9.17, 15) is 4.79 Å². The molecule has 0 radical (unpaired) electrons. The molecule has 3 heteroatoms. The summed E-state index contributed by atoms with van der Waals surface area (Å²) in [5.41, 5.74) is 3.00. The highest BCUT2D eigenvalue weighted by atomic mass is 16.5. The summed E-state index contributed by atoms with van der Waals surface area (Å²) in [6.45, 7) is 1.94. The van der Waals surface area contributed by atoms with Crippen LogP contribution in [0.3, 0.4) is 0 Å². The fourth-order valence-electron chi connectivity index (χ4n) is 2.04. The van der Waals surface area contributed by atoms with Gasteiger partial charge in [0.1, 0.15) is 0 Å². The second kappa shape index (κ2) is 7.93. The highest BCUT2D eigenvalue weighted by molar-refractivity contribution is 6.13. The Morgan fingerprint density at radius 1 is 1.00 bits per heavy atom. The Hall–Kier alpha value is -2.68. The molecule has 0 fully saturated rings. The van der Waals surface area contributed by atoms with Crippen molar-refractivity contribution in [3.63, 3.8) is 0 Å². The minimum Gasteiger partial charge on any atom is -0.466 e. The molecule has 0 amide bonds. The molecule has 0 bridgehead atoms. The lowest BCUT2D eigenvalue weighted by Crippen LogP contribution is -2.08. The van der Waals surface area contributed by atoms with E-state index in [1.54, 1.807) is 6.08 Å². The summed E-state index contributed by atoms with van der Waals surface area (Å²) in [5, 5.41) is 0. The van der Waals surface area contributed by atoms with Crippen LogP contribution in [0.2, 0.25) is 0 Å². The first-order valence-corrected chi connectivity index (χ1v) is 7.15. The Morgan fingerprint density at radius 2 is 1.50 bits per heavy atom. The minimum atomic E-state index is -0.372. The van der Waals surface area contributed by atoms with Crippen molar-refractivity contribution in [2.75, 3.05) is 7.11 Å². The van der Waals surface area contributed by atoms with Crippen molar-refractivity contribution in [1.82, 2.24) is 0 Å². The quantitative estimate of drug-likeness (QED) is 0.479. The van der Waals surface area contributed by atoms with Crippen LogP contribution in [0.4, 0.5) is 0 Å². The Balaban J connectivity index is 2.35. The summed E-state index contributed by atoms with van der Waals surface area (Å²) in [7, 11) is 1.36. The molecule has 0 aliphatic rings. The Kier molecular flexibility index (Phi) is 5.66. The predicted octanol–water partition coefficient (Wildman–Crippen LogP) is 3.64. The van der Waals surface area contributed by atoms with Gasteiger partial charge in [0.15, 0.2) is 0 Å². The Bertz CT molecular complexity index is 619. The van der Waals surface area contributed by atoms with E-state index < -0.39 is 0 Å². The van der Waals surface area contributed by atoms with Crippen molar-refractivity contribution in [2.24, 2.45) is 4.99 Å². The predicted molar refractivity (Wildman–Crippen MR) is 89.1 cm³/mol. The zero-order valence-corrected chi connectivity index (χ0v) is 12.8. The maximum absolute atomic E-state index is 11.2. The van der Waals surface area contributed by atoms with E-state index in [1.807, 2.05) is 67.6 Å². The molecule has 2 rings (SSSR count). The Morgan fingerprint density at radius 3 is 1.95 bits per heavy atom. The zero-order chi connectivity index (χ0) is 15.8. The standard InChI is InChI=1S/C19H19NO2/c1-15(13-14-18(21)22-2)20-19(16-9-5-3-6-10-16)17-11-7-4-8-12-17/h3-15H,1-2H3/b14-13-/t15-/m0/s1. The minimum absolute atomic E-state index is 0.130. The van der Waals surface area contributed by atoms with Gasteiger partial charge in [0, 0.05) is 17.2 Å². The number of hydrogen-bond acceptors (Lipinski definition) is 3. The van der Waals surface area contributed by atoms with E-state index in [1.165, 1.54) is 13.2 Å². The summed E-state index contributed by atoms with van der Waals surface area (Å²) in [4.78, 5) is 15.9. The lowest BCUT2D eigenvalue weighted by molar-refractivity contribution is -0.134. The molecule has 112 valence electrons. The number of hydrogen-bond donors (Lipinski definition) is 0. The molecule has 2 aromatic carbocycles. The van der Waals surface area contributed by atoms with Gasteiger partial charge in [0.25, 0.3) is 0 Å². The molecule has 2 aromatic rings. The molecule has 0 unspecified atom stereocenters. The third-order valence-corrected chi connectivity index (χ3v) is 3.14. The normalized spacial score (nSPS) is 11.9. The fourth-order valence-corrected chi connectivity index (χ4v) is 2.04. The van der Waals surface area contributed by atoms with Crippen molar-refractivity contribution in [3.8, 4) is 0 Å². The third kappa shape index (κ3) is 4.42. The van der Waals surface area contributed by atoms with Gasteiger partial charge in [-0.3, -0.25) is 4.99 Å². The van der Waals surface area contributed by atoms with Gasteiger partial charge in [-0.15, -0.1) is 0 Å². The average molecular weight is 293 g/mol. The Labute approximate surface area is 131 Å². The first kappa shape index (κ1) is 15.7. The molecule has 0 N–H and O–H groups in total. The number of carbonyl (C=O) groups excluding carboxylic acids is 1. The SMILES string of the molecule is COC(=O)/C=C\[C@H](C)N=C(c1ccccc1)c1ccccc1. The molecule has 22 heavy (non-hydrogen) atoms. The van der Waals surface area contributed by atoms with Crippen LogP contribution < -0.4 is 0 Å². The lowest BCUT2D eigenvalue weighted by atomic mass is 10.0. The van der Waals surface area contributed by atoms with E-state index in [2.05, 4.69) is 4.74 Å². The van der Waals surface area contributed by atoms with Crippen LogP contribution in [0.15, 0.2) is 77.8 Å². The van der Waals surface area contributed by atoms with Gasteiger partial charge in [0.2, 0.25) is 0 Å². The summed E-state index contributed by atoms with van der Waals surface area (Å²) in [6, 6.07) is 19.9. The van der Waals surface area contributed by atoms with Crippen molar-refractivity contribution >= 4 is 11.7 Å². The third-order valence-electron chi connectivity index (χ3n) is 3.14. The van der Waals surface area contributed by atoms with Gasteiger partial charge >= 0.3 is 5.97 Å². The average Bonchev–Trinajstić information content (AvgIpc) is 2.59. The summed E-state index contributed by atoms with van der Waals surface area (Å²) in [5.74, 6) is -0.372. The molecular formula is C19H19NO2. The molecule has 0 heterocycles. The molecule has 0 aliphatic heterocycles. The van der Waals surface area contributed by atoms with E-state index in [4.69, 9.17) is 4.99 Å². The van der Waals surface area contributed by atoms with Crippen molar-refractivity contribution in [3.05, 3.63) is 83.9 Å². The summed E-state index contributed by atoms with van der Waals surface area (Å²) >= 11 is 0. The monoisotopic (exact) mass is 293 g/mol. The second-order valence-corrected chi connectivity index (χ2v) is 4.83. The molecule has 0 saturated heterocycles. The van der Waals surface area contributed by atoms with Crippen LogP contribution in [0.25, 0.3) is 0 Å². The zero-order valence-electron chi connectivity index (χ0n) is 12.8. The number of ether oxygens (including phenoxy) is 1. The van der Waals surface area contributed by atoms with Crippen LogP contribution in [0.5, 0.6) is 0 Å². The fraction of sp³-hybridized carbons (Fsp3) is 0.158. The molecule has 0 aromatic heterocycles. The van der Waals surface area contributed by atoms with E-state index in [0.717, 1.165) is 16.8 Å². The van der Waals surface area contributed by atoms with E-state index in [-0.39, 0.29) is 12.0 Å². The summed E-state index contributed by atoms with van der Waals surface area (Å²) < 4.78 is 4.60. The van der Waals surface area contributed by atoms with Crippen LogP contribution in [0, 0.1) is 0 Å².